The predicted octanol–water partition coefficient (Wildman–Crippen LogP) is -10.3. The van der Waals surface area contributed by atoms with Gasteiger partial charge in [-0.05, 0) is 0 Å². The summed E-state index contributed by atoms with van der Waals surface area (Å²) in [5.74, 6) is -5.82. The molecule has 0 aliphatic carbocycles. The van der Waals surface area contributed by atoms with Crippen LogP contribution in [-0.4, -0.2) is 121 Å². The molecule has 0 spiro atoms. The molecule has 0 aliphatic heterocycles. The second-order valence-corrected chi connectivity index (χ2v) is 3.93. The largest absolute Gasteiger partial charge is 2.00 e. The molecule has 0 heterocycles. The minimum absolute atomic E-state index is 0. The Morgan fingerprint density at radius 3 is 1.22 bits per heavy atom. The maximum atomic E-state index is 10.5. The van der Waals surface area contributed by atoms with Crippen LogP contribution < -0.4 is 44.9 Å². The van der Waals surface area contributed by atoms with Gasteiger partial charge in [-0.3, -0.25) is 14.6 Å². The second kappa shape index (κ2) is 16.9. The van der Waals surface area contributed by atoms with Crippen molar-refractivity contribution in [1.29, 1.82) is 0 Å². The van der Waals surface area contributed by atoms with E-state index in [2.05, 4.69) is 0 Å². The van der Waals surface area contributed by atoms with Crippen molar-refractivity contribution in [3.63, 3.8) is 0 Å². The van der Waals surface area contributed by atoms with Crippen LogP contribution in [0.3, 0.4) is 0 Å². The van der Waals surface area contributed by atoms with Crippen LogP contribution in [0, 0.1) is 0 Å². The molecule has 23 heavy (non-hydrogen) atoms. The maximum Gasteiger partial charge on any atom is 2.00 e. The van der Waals surface area contributed by atoms with Crippen molar-refractivity contribution in [2.45, 2.75) is 0 Å². The van der Waals surface area contributed by atoms with Crippen molar-refractivity contribution in [1.82, 2.24) is 9.80 Å². The fourth-order valence-electron chi connectivity index (χ4n) is 1.45. The molecule has 0 aromatic heterocycles. The van der Waals surface area contributed by atoms with Crippen LogP contribution in [-0.2, 0) is 19.2 Å². The van der Waals surface area contributed by atoms with Gasteiger partial charge < -0.3 is 40.3 Å². The summed E-state index contributed by atoms with van der Waals surface area (Å²) in [6.07, 6.45) is 0. The fraction of sp³-hybridized carbons (Fsp3) is 0.600. The first kappa shape index (κ1) is 30.9. The number of carbonyl (C=O) groups is 4. The Bertz CT molecular complexity index is 329. The number of rotatable bonds is 11. The Kier molecular flexibility index (Phi) is 22.6. The Morgan fingerprint density at radius 1 is 0.739 bits per heavy atom. The van der Waals surface area contributed by atoms with Gasteiger partial charge >= 0.3 is 73.3 Å². The summed E-state index contributed by atoms with van der Waals surface area (Å²) in [5.41, 5.74) is 0. The van der Waals surface area contributed by atoms with Crippen LogP contribution in [0.25, 0.3) is 0 Å². The quantitative estimate of drug-likeness (QED) is 0.341. The number of carbonyl (C=O) groups excluding carboxylic acids is 3. The zero-order valence-electron chi connectivity index (χ0n) is 12.6. The first-order chi connectivity index (χ1) is 9.20. The van der Waals surface area contributed by atoms with E-state index in [9.17, 15) is 34.5 Å². The Hall–Kier alpha value is 0.0197. The molecule has 0 saturated heterocycles. The van der Waals surface area contributed by atoms with E-state index in [4.69, 9.17) is 5.11 Å². The molecule has 3 N–H and O–H groups in total. The SMILES string of the molecule is O.O=C([O-])CN(CCN(CC(=O)[O-])CC(=O)O)CC(=O)[O-].[Ca+2].[Na+]. The summed E-state index contributed by atoms with van der Waals surface area (Å²) in [5, 5.41) is 39.8. The van der Waals surface area contributed by atoms with E-state index < -0.39 is 50.1 Å². The summed E-state index contributed by atoms with van der Waals surface area (Å²) < 4.78 is 0. The number of hydrogen-bond acceptors (Lipinski definition) is 9. The zero-order chi connectivity index (χ0) is 15.7. The number of nitrogens with zero attached hydrogens (tertiary/aromatic N) is 2. The van der Waals surface area contributed by atoms with Gasteiger partial charge in [-0.15, -0.1) is 0 Å². The molecule has 0 aliphatic rings. The topological polar surface area (TPSA) is 196 Å². The van der Waals surface area contributed by atoms with Crippen molar-refractivity contribution in [2.24, 2.45) is 0 Å². The maximum absolute atomic E-state index is 10.5. The molecule has 0 bridgehead atoms. The molecule has 0 unspecified atom stereocenters. The zero-order valence-corrected chi connectivity index (χ0v) is 16.9. The third-order valence-corrected chi connectivity index (χ3v) is 2.15. The molecule has 0 radical (unpaired) electrons. The number of carboxylic acids is 4. The third-order valence-electron chi connectivity index (χ3n) is 2.15. The van der Waals surface area contributed by atoms with Gasteiger partial charge in [-0.1, -0.05) is 0 Å². The van der Waals surface area contributed by atoms with Crippen LogP contribution in [0.2, 0.25) is 0 Å². The second-order valence-electron chi connectivity index (χ2n) is 3.93. The normalized spacial score (nSPS) is 9.30. The van der Waals surface area contributed by atoms with Crippen LogP contribution in [0.4, 0.5) is 0 Å². The summed E-state index contributed by atoms with van der Waals surface area (Å²) in [7, 11) is 0. The van der Waals surface area contributed by atoms with Crippen molar-refractivity contribution in [3.05, 3.63) is 0 Å². The van der Waals surface area contributed by atoms with Crippen LogP contribution >= 0.6 is 0 Å². The Balaban J connectivity index is -0.000000602. The molecule has 0 aromatic rings. The minimum atomic E-state index is -1.52. The molecule has 11 nitrogen and oxygen atoms in total. The van der Waals surface area contributed by atoms with Crippen molar-refractivity contribution < 1.29 is 74.6 Å². The summed E-state index contributed by atoms with van der Waals surface area (Å²) in [6.45, 7) is -3.00. The third kappa shape index (κ3) is 20.0. The molecule has 0 fully saturated rings. The van der Waals surface area contributed by atoms with Gasteiger partial charge in [0.05, 0.1) is 24.5 Å². The fourth-order valence-corrected chi connectivity index (χ4v) is 1.45. The molecule has 0 amide bonds. The molecule has 0 rings (SSSR count). The van der Waals surface area contributed by atoms with Crippen molar-refractivity contribution in [2.75, 3.05) is 39.3 Å². The molecular formula is C10H15CaN2NaO9. The molecule has 0 saturated carbocycles. The average molecular weight is 370 g/mol. The van der Waals surface area contributed by atoms with E-state index in [-0.39, 0.29) is 85.9 Å². The van der Waals surface area contributed by atoms with Gasteiger partial charge in [-0.2, -0.15) is 0 Å². The number of aliphatic carboxylic acids is 4. The van der Waals surface area contributed by atoms with Crippen LogP contribution in [0.15, 0.2) is 0 Å². The first-order valence-electron chi connectivity index (χ1n) is 5.46. The summed E-state index contributed by atoms with van der Waals surface area (Å²) in [6, 6.07) is 0. The molecule has 13 heteroatoms. The number of hydrogen-bond donors (Lipinski definition) is 1. The van der Waals surface area contributed by atoms with E-state index in [1.807, 2.05) is 0 Å². The van der Waals surface area contributed by atoms with Gasteiger partial charge in [0.15, 0.2) is 0 Å². The summed E-state index contributed by atoms with van der Waals surface area (Å²) in [4.78, 5) is 43.7. The van der Waals surface area contributed by atoms with E-state index in [1.54, 1.807) is 0 Å². The van der Waals surface area contributed by atoms with Crippen LogP contribution in [0.5, 0.6) is 0 Å². The Labute approximate surface area is 183 Å². The first-order valence-corrected chi connectivity index (χ1v) is 5.46. The van der Waals surface area contributed by atoms with Crippen molar-refractivity contribution in [3.8, 4) is 0 Å². The Morgan fingerprint density at radius 2 is 1.00 bits per heavy atom. The van der Waals surface area contributed by atoms with E-state index in [0.717, 1.165) is 9.80 Å². The van der Waals surface area contributed by atoms with Gasteiger partial charge in [0, 0.05) is 32.7 Å². The van der Waals surface area contributed by atoms with Gasteiger partial charge in [0.2, 0.25) is 0 Å². The number of carboxylic acid groups (broad SMARTS) is 4. The van der Waals surface area contributed by atoms with Gasteiger partial charge in [-0.25, -0.2) is 0 Å². The standard InChI is InChI=1S/C10H16N2O8.Ca.Na.H2O/c13-7(14)3-11(4-8(15)16)1-2-12(5-9(17)18)6-10(19)20;;;/h1-6H2,(H,13,14)(H,15,16)(H,17,18)(H,19,20);;;1H2/q;+2;+1;/p-3. The molecular weight excluding hydrogens is 355 g/mol. The molecule has 0 atom stereocenters. The average Bonchev–Trinajstić information content (AvgIpc) is 2.22. The predicted molar refractivity (Wildman–Crippen MR) is 64.9 cm³/mol. The smallest absolute Gasteiger partial charge is 0.549 e. The van der Waals surface area contributed by atoms with Crippen molar-refractivity contribution >= 4 is 61.6 Å². The molecule has 0 aromatic carbocycles. The molecule has 122 valence electrons. The van der Waals surface area contributed by atoms with Gasteiger partial charge in [0.1, 0.15) is 0 Å². The monoisotopic (exact) mass is 370 g/mol. The summed E-state index contributed by atoms with van der Waals surface area (Å²) >= 11 is 0. The van der Waals surface area contributed by atoms with E-state index >= 15 is 0 Å². The minimum Gasteiger partial charge on any atom is -0.549 e. The van der Waals surface area contributed by atoms with Crippen LogP contribution in [0.1, 0.15) is 0 Å². The van der Waals surface area contributed by atoms with Gasteiger partial charge in [0.25, 0.3) is 0 Å². The van der Waals surface area contributed by atoms with E-state index in [1.165, 1.54) is 0 Å². The van der Waals surface area contributed by atoms with E-state index in [0.29, 0.717) is 0 Å².